The lowest BCUT2D eigenvalue weighted by Crippen LogP contribution is -2.29. The number of aromatic nitrogens is 2. The largest absolute Gasteiger partial charge is 0.274 e. The van der Waals surface area contributed by atoms with E-state index in [1.165, 1.54) is 12.1 Å². The molecule has 0 saturated carbocycles. The molecule has 0 aliphatic rings. The van der Waals surface area contributed by atoms with Gasteiger partial charge in [0.1, 0.15) is 5.82 Å². The topological polar surface area (TPSA) is 81.1 Å². The van der Waals surface area contributed by atoms with Crippen LogP contribution in [0.4, 0.5) is 4.39 Å². The van der Waals surface area contributed by atoms with Crippen LogP contribution in [0.15, 0.2) is 54.6 Å². The summed E-state index contributed by atoms with van der Waals surface area (Å²) in [6.45, 7) is 0. The highest BCUT2D eigenvalue weighted by atomic mass is 35.5. The van der Waals surface area contributed by atoms with Crippen LogP contribution < -0.4 is 4.72 Å². The Morgan fingerprint density at radius 1 is 1.14 bits per heavy atom. The third-order valence-corrected chi connectivity index (χ3v) is 4.75. The Morgan fingerprint density at radius 2 is 1.79 bits per heavy atom. The molecule has 2 aromatic carbocycles. The fourth-order valence-corrected chi connectivity index (χ4v) is 3.31. The predicted molar refractivity (Wildman–Crippen MR) is 105 cm³/mol. The van der Waals surface area contributed by atoms with Crippen LogP contribution in [0.3, 0.4) is 0 Å². The third-order valence-electron chi connectivity index (χ3n) is 3.90. The lowest BCUT2D eigenvalue weighted by molar-refractivity contribution is -0.119. The van der Waals surface area contributed by atoms with Gasteiger partial charge >= 0.3 is 0 Å². The Hall–Kier alpha value is -2.71. The first kappa shape index (κ1) is 20.0. The van der Waals surface area contributed by atoms with Crippen LogP contribution in [0.1, 0.15) is 12.1 Å². The number of carbonyl (C=O) groups excluding carboxylic acids is 1. The Labute approximate surface area is 167 Å². The first-order valence-corrected chi connectivity index (χ1v) is 10.6. The van der Waals surface area contributed by atoms with Crippen LogP contribution in [0.25, 0.3) is 16.9 Å². The molecule has 0 aliphatic carbocycles. The molecule has 0 saturated heterocycles. The Balaban J connectivity index is 1.93. The number of halogens is 2. The smallest absolute Gasteiger partial charge is 0.233 e. The number of aryl methyl sites for hydroxylation is 1. The molecule has 0 bridgehead atoms. The molecule has 0 fully saturated rings. The van der Waals surface area contributed by atoms with E-state index in [4.69, 9.17) is 11.6 Å². The number of rotatable bonds is 6. The minimum Gasteiger partial charge on any atom is -0.274 e. The van der Waals surface area contributed by atoms with Gasteiger partial charge in [-0.15, -0.1) is 0 Å². The van der Waals surface area contributed by atoms with E-state index < -0.39 is 15.9 Å². The highest BCUT2D eigenvalue weighted by Gasteiger charge is 2.15. The van der Waals surface area contributed by atoms with Crippen molar-refractivity contribution in [1.82, 2.24) is 14.5 Å². The SMILES string of the molecule is CS(=O)(=O)NC(=O)CCc1cc(-c2ccc(Cl)cc2)nn1-c1ccc(F)cc1. The Morgan fingerprint density at radius 3 is 2.39 bits per heavy atom. The van der Waals surface area contributed by atoms with Gasteiger partial charge in [0.05, 0.1) is 17.6 Å². The number of nitrogens with one attached hydrogen (secondary N) is 1. The lowest BCUT2D eigenvalue weighted by Gasteiger charge is -2.07. The van der Waals surface area contributed by atoms with Gasteiger partial charge in [-0.2, -0.15) is 5.10 Å². The second-order valence-electron chi connectivity index (χ2n) is 6.21. The molecule has 9 heteroatoms. The zero-order chi connectivity index (χ0) is 20.3. The van der Waals surface area contributed by atoms with Gasteiger partial charge in [-0.3, -0.25) is 9.52 Å². The van der Waals surface area contributed by atoms with E-state index in [1.807, 2.05) is 16.9 Å². The van der Waals surface area contributed by atoms with E-state index in [2.05, 4.69) is 5.10 Å². The molecule has 1 aromatic heterocycles. The van der Waals surface area contributed by atoms with Crippen molar-refractivity contribution in [3.8, 4) is 16.9 Å². The monoisotopic (exact) mass is 421 g/mol. The molecule has 0 radical (unpaired) electrons. The minimum absolute atomic E-state index is 0.0417. The number of amides is 1. The Bertz CT molecular complexity index is 1090. The minimum atomic E-state index is -3.61. The predicted octanol–water partition coefficient (Wildman–Crippen LogP) is 3.34. The van der Waals surface area contributed by atoms with Gasteiger partial charge in [-0.1, -0.05) is 23.7 Å². The molecule has 146 valence electrons. The molecule has 28 heavy (non-hydrogen) atoms. The highest BCUT2D eigenvalue weighted by molar-refractivity contribution is 7.89. The van der Waals surface area contributed by atoms with Crippen LogP contribution in [0, 0.1) is 5.82 Å². The van der Waals surface area contributed by atoms with Crippen molar-refractivity contribution < 1.29 is 17.6 Å². The molecule has 3 rings (SSSR count). The second kappa shape index (κ2) is 8.12. The van der Waals surface area contributed by atoms with Crippen molar-refractivity contribution in [2.45, 2.75) is 12.8 Å². The first-order valence-electron chi connectivity index (χ1n) is 8.33. The normalized spacial score (nSPS) is 11.4. The van der Waals surface area contributed by atoms with Crippen molar-refractivity contribution in [3.63, 3.8) is 0 Å². The molecule has 1 N–H and O–H groups in total. The number of benzene rings is 2. The average molecular weight is 422 g/mol. The van der Waals surface area contributed by atoms with Crippen LogP contribution >= 0.6 is 11.6 Å². The van der Waals surface area contributed by atoms with E-state index in [9.17, 15) is 17.6 Å². The van der Waals surface area contributed by atoms with Gasteiger partial charge < -0.3 is 0 Å². The third kappa shape index (κ3) is 5.17. The standard InChI is InChI=1S/C19H17ClFN3O3S/c1-28(26,27)23-19(25)11-10-17-12-18(13-2-4-14(20)5-3-13)22-24(17)16-8-6-15(21)7-9-16/h2-9,12H,10-11H2,1H3,(H,23,25). The summed E-state index contributed by atoms with van der Waals surface area (Å²) in [5.41, 5.74) is 2.78. The molecule has 0 spiro atoms. The zero-order valence-electron chi connectivity index (χ0n) is 14.9. The van der Waals surface area contributed by atoms with Gasteiger partial charge in [0.15, 0.2) is 0 Å². The summed E-state index contributed by atoms with van der Waals surface area (Å²) in [4.78, 5) is 11.9. The zero-order valence-corrected chi connectivity index (χ0v) is 16.5. The van der Waals surface area contributed by atoms with Crippen LogP contribution in [0.5, 0.6) is 0 Å². The number of sulfonamides is 1. The van der Waals surface area contributed by atoms with E-state index >= 15 is 0 Å². The summed E-state index contributed by atoms with van der Waals surface area (Å²) in [5, 5.41) is 5.16. The number of hydrogen-bond acceptors (Lipinski definition) is 4. The summed E-state index contributed by atoms with van der Waals surface area (Å²) in [5.74, 6) is -0.981. The van der Waals surface area contributed by atoms with Gasteiger partial charge in [0.25, 0.3) is 0 Å². The Kier molecular flexibility index (Phi) is 5.81. The van der Waals surface area contributed by atoms with Crippen molar-refractivity contribution in [1.29, 1.82) is 0 Å². The van der Waals surface area contributed by atoms with Crippen molar-refractivity contribution in [3.05, 3.63) is 71.1 Å². The summed E-state index contributed by atoms with van der Waals surface area (Å²) >= 11 is 5.93. The average Bonchev–Trinajstić information content (AvgIpc) is 3.04. The molecular weight excluding hydrogens is 405 g/mol. The first-order chi connectivity index (χ1) is 13.2. The lowest BCUT2D eigenvalue weighted by atomic mass is 10.1. The van der Waals surface area contributed by atoms with Gasteiger partial charge in [-0.05, 0) is 48.9 Å². The molecule has 0 unspecified atom stereocenters. The number of hydrogen-bond donors (Lipinski definition) is 1. The quantitative estimate of drug-likeness (QED) is 0.661. The fraction of sp³-hybridized carbons (Fsp3) is 0.158. The van der Waals surface area contributed by atoms with E-state index in [0.717, 1.165) is 11.8 Å². The maximum atomic E-state index is 13.3. The number of carbonyl (C=O) groups is 1. The van der Waals surface area contributed by atoms with Crippen LogP contribution in [0.2, 0.25) is 5.02 Å². The molecule has 0 atom stereocenters. The van der Waals surface area contributed by atoms with Crippen LogP contribution in [-0.2, 0) is 21.2 Å². The summed E-state index contributed by atoms with van der Waals surface area (Å²) < 4.78 is 39.2. The fourth-order valence-electron chi connectivity index (χ4n) is 2.66. The van der Waals surface area contributed by atoms with Crippen molar-refractivity contribution in [2.75, 3.05) is 6.26 Å². The summed E-state index contributed by atoms with van der Waals surface area (Å²) in [6, 6.07) is 14.7. The van der Waals surface area contributed by atoms with Gasteiger partial charge in [0.2, 0.25) is 15.9 Å². The maximum Gasteiger partial charge on any atom is 0.233 e. The highest BCUT2D eigenvalue weighted by Crippen LogP contribution is 2.24. The van der Waals surface area contributed by atoms with Crippen LogP contribution in [-0.4, -0.2) is 30.4 Å². The molecular formula is C19H17ClFN3O3S. The van der Waals surface area contributed by atoms with Crippen molar-refractivity contribution in [2.24, 2.45) is 0 Å². The molecule has 3 aromatic rings. The number of nitrogens with zero attached hydrogens (tertiary/aromatic N) is 2. The molecule has 1 heterocycles. The molecule has 0 aliphatic heterocycles. The summed E-state index contributed by atoms with van der Waals surface area (Å²) in [7, 11) is -3.61. The van der Waals surface area contributed by atoms with E-state index in [0.29, 0.717) is 22.1 Å². The van der Waals surface area contributed by atoms with Gasteiger partial charge in [-0.25, -0.2) is 17.5 Å². The maximum absolute atomic E-state index is 13.3. The van der Waals surface area contributed by atoms with E-state index in [1.54, 1.807) is 35.0 Å². The second-order valence-corrected chi connectivity index (χ2v) is 8.40. The van der Waals surface area contributed by atoms with Crippen molar-refractivity contribution >= 4 is 27.5 Å². The molecule has 6 nitrogen and oxygen atoms in total. The van der Waals surface area contributed by atoms with Gasteiger partial charge in [0, 0.05) is 22.7 Å². The summed E-state index contributed by atoms with van der Waals surface area (Å²) in [6.07, 6.45) is 1.13. The molecule has 1 amide bonds. The van der Waals surface area contributed by atoms with E-state index in [-0.39, 0.29) is 18.7 Å².